The number of hydrogen-bond acceptors (Lipinski definition) is 5. The van der Waals surface area contributed by atoms with Crippen molar-refractivity contribution in [3.8, 4) is 0 Å². The van der Waals surface area contributed by atoms with Crippen molar-refractivity contribution in [2.24, 2.45) is 0 Å². The van der Waals surface area contributed by atoms with Gasteiger partial charge in [0.2, 0.25) is 5.91 Å². The second kappa shape index (κ2) is 5.90. The predicted octanol–water partition coefficient (Wildman–Crippen LogP) is 3.61. The van der Waals surface area contributed by atoms with Crippen LogP contribution < -0.4 is 11.1 Å². The van der Waals surface area contributed by atoms with E-state index in [-0.39, 0.29) is 12.3 Å². The van der Waals surface area contributed by atoms with Crippen molar-refractivity contribution in [3.63, 3.8) is 0 Å². The number of para-hydroxylation sites is 2. The van der Waals surface area contributed by atoms with Gasteiger partial charge >= 0.3 is 0 Å². The Morgan fingerprint density at radius 1 is 1.04 bits per heavy atom. The van der Waals surface area contributed by atoms with Crippen LogP contribution in [0.15, 0.2) is 54.6 Å². The largest absolute Gasteiger partial charge is 0.397 e. The summed E-state index contributed by atoms with van der Waals surface area (Å²) in [5.41, 5.74) is 8.85. The molecule has 3 N–H and O–H groups in total. The summed E-state index contributed by atoms with van der Waals surface area (Å²) in [6.07, 6.45) is 0.181. The number of aromatic nitrogens is 2. The number of nitrogens with two attached hydrogens (primary N) is 1. The van der Waals surface area contributed by atoms with E-state index in [4.69, 9.17) is 5.73 Å². The highest BCUT2D eigenvalue weighted by Crippen LogP contribution is 2.25. The number of anilines is 2. The quantitative estimate of drug-likeness (QED) is 0.561. The van der Waals surface area contributed by atoms with E-state index in [0.29, 0.717) is 16.5 Å². The van der Waals surface area contributed by atoms with Crippen LogP contribution in [0.25, 0.3) is 21.1 Å². The molecule has 4 aromatic rings. The molecule has 0 aliphatic carbocycles. The highest BCUT2D eigenvalue weighted by molar-refractivity contribution is 7.22. The number of rotatable bonds is 3. The number of hydrogen-bond donors (Lipinski definition) is 2. The zero-order valence-corrected chi connectivity index (χ0v) is 13.5. The van der Waals surface area contributed by atoms with Gasteiger partial charge in [-0.15, -0.1) is 0 Å². The molecule has 1 amide bonds. The number of nitrogen functional groups attached to an aromatic ring is 1. The molecule has 2 aromatic heterocycles. The molecule has 5 nitrogen and oxygen atoms in total. The first-order valence-corrected chi connectivity index (χ1v) is 8.30. The van der Waals surface area contributed by atoms with Gasteiger partial charge in [-0.1, -0.05) is 41.7 Å². The van der Waals surface area contributed by atoms with Crippen LogP contribution in [-0.2, 0) is 11.2 Å². The predicted molar refractivity (Wildman–Crippen MR) is 98.1 cm³/mol. The Labute approximate surface area is 142 Å². The Hall–Kier alpha value is -2.99. The summed E-state index contributed by atoms with van der Waals surface area (Å²) in [7, 11) is 0. The molecule has 2 heterocycles. The zero-order chi connectivity index (χ0) is 16.5. The van der Waals surface area contributed by atoms with Crippen LogP contribution in [0.1, 0.15) is 5.69 Å². The number of benzene rings is 2. The first kappa shape index (κ1) is 14.6. The number of carbonyl (C=O) groups is 1. The minimum atomic E-state index is -0.143. The molecule has 0 unspecified atom stereocenters. The Morgan fingerprint density at radius 3 is 2.79 bits per heavy atom. The number of thiazole rings is 1. The fourth-order valence-corrected chi connectivity index (χ4v) is 3.44. The third-order valence-corrected chi connectivity index (χ3v) is 4.64. The van der Waals surface area contributed by atoms with E-state index >= 15 is 0 Å². The number of nitrogens with zero attached hydrogens (tertiary/aromatic N) is 2. The van der Waals surface area contributed by atoms with E-state index in [0.717, 1.165) is 21.1 Å². The molecule has 0 aliphatic heterocycles. The van der Waals surface area contributed by atoms with E-state index in [2.05, 4.69) is 15.3 Å². The van der Waals surface area contributed by atoms with E-state index in [9.17, 15) is 4.79 Å². The second-order valence-corrected chi connectivity index (χ2v) is 6.46. The maximum Gasteiger partial charge on any atom is 0.232 e. The van der Waals surface area contributed by atoms with E-state index in [1.165, 1.54) is 11.3 Å². The minimum absolute atomic E-state index is 0.143. The smallest absolute Gasteiger partial charge is 0.232 e. The van der Waals surface area contributed by atoms with Gasteiger partial charge in [0.25, 0.3) is 0 Å². The van der Waals surface area contributed by atoms with Gasteiger partial charge in [-0.05, 0) is 24.3 Å². The number of pyridine rings is 1. The lowest BCUT2D eigenvalue weighted by atomic mass is 10.1. The first-order valence-electron chi connectivity index (χ1n) is 7.48. The van der Waals surface area contributed by atoms with Crippen LogP contribution in [0.5, 0.6) is 0 Å². The summed E-state index contributed by atoms with van der Waals surface area (Å²) in [6.45, 7) is 0. The van der Waals surface area contributed by atoms with Crippen molar-refractivity contribution in [3.05, 3.63) is 60.3 Å². The molecular weight excluding hydrogens is 320 g/mol. The Kier molecular flexibility index (Phi) is 3.59. The third-order valence-electron chi connectivity index (χ3n) is 3.69. The van der Waals surface area contributed by atoms with Gasteiger partial charge in [0.05, 0.1) is 33.5 Å². The van der Waals surface area contributed by atoms with Gasteiger partial charge < -0.3 is 11.1 Å². The van der Waals surface area contributed by atoms with Crippen LogP contribution >= 0.6 is 11.3 Å². The first-order chi connectivity index (χ1) is 11.7. The number of nitrogens with one attached hydrogen (secondary N) is 1. The van der Waals surface area contributed by atoms with E-state index in [1.807, 2.05) is 48.5 Å². The van der Waals surface area contributed by atoms with Gasteiger partial charge in [0, 0.05) is 5.39 Å². The molecule has 0 saturated heterocycles. The lowest BCUT2D eigenvalue weighted by molar-refractivity contribution is -0.115. The molecule has 118 valence electrons. The Morgan fingerprint density at radius 2 is 1.92 bits per heavy atom. The van der Waals surface area contributed by atoms with Crippen molar-refractivity contribution >= 4 is 49.2 Å². The van der Waals surface area contributed by atoms with Crippen LogP contribution in [0.4, 0.5) is 10.8 Å². The van der Waals surface area contributed by atoms with Crippen molar-refractivity contribution in [1.82, 2.24) is 9.97 Å². The second-order valence-electron chi connectivity index (χ2n) is 5.43. The fourth-order valence-electron chi connectivity index (χ4n) is 2.56. The third kappa shape index (κ3) is 2.79. The molecule has 24 heavy (non-hydrogen) atoms. The SMILES string of the molecule is Nc1cccc2ccc(CC(=O)Nc3nc4ccccc4s3)nc12. The lowest BCUT2D eigenvalue weighted by Crippen LogP contribution is -2.15. The van der Waals surface area contributed by atoms with Gasteiger partial charge in [-0.3, -0.25) is 9.78 Å². The molecule has 2 aromatic carbocycles. The molecule has 0 fully saturated rings. The lowest BCUT2D eigenvalue weighted by Gasteiger charge is -2.05. The summed E-state index contributed by atoms with van der Waals surface area (Å²) in [6, 6.07) is 17.2. The minimum Gasteiger partial charge on any atom is -0.397 e. The van der Waals surface area contributed by atoms with E-state index < -0.39 is 0 Å². The van der Waals surface area contributed by atoms with Crippen molar-refractivity contribution in [2.75, 3.05) is 11.1 Å². The van der Waals surface area contributed by atoms with Crippen LogP contribution in [0.2, 0.25) is 0 Å². The molecule has 0 saturated carbocycles. The number of fused-ring (bicyclic) bond motifs is 2. The molecule has 0 bridgehead atoms. The summed E-state index contributed by atoms with van der Waals surface area (Å²) in [5, 5.41) is 4.40. The molecular formula is C18H14N4OS. The summed E-state index contributed by atoms with van der Waals surface area (Å²) < 4.78 is 1.05. The van der Waals surface area contributed by atoms with Crippen LogP contribution in [0.3, 0.4) is 0 Å². The average Bonchev–Trinajstić information content (AvgIpc) is 2.97. The summed E-state index contributed by atoms with van der Waals surface area (Å²) in [5.74, 6) is -0.143. The van der Waals surface area contributed by atoms with Gasteiger partial charge in [0.1, 0.15) is 0 Å². The van der Waals surface area contributed by atoms with Gasteiger partial charge in [-0.2, -0.15) is 0 Å². The molecule has 6 heteroatoms. The van der Waals surface area contributed by atoms with Crippen molar-refractivity contribution in [2.45, 2.75) is 6.42 Å². The standard InChI is InChI=1S/C18H14N4OS/c19-13-5-3-4-11-8-9-12(20-17(11)13)10-16(23)22-18-21-14-6-1-2-7-15(14)24-18/h1-9H,10,19H2,(H,21,22,23). The zero-order valence-electron chi connectivity index (χ0n) is 12.7. The molecule has 0 aliphatic rings. The number of carbonyl (C=O) groups excluding carboxylic acids is 1. The molecule has 0 spiro atoms. The van der Waals surface area contributed by atoms with E-state index in [1.54, 1.807) is 6.07 Å². The monoisotopic (exact) mass is 334 g/mol. The number of amides is 1. The highest BCUT2D eigenvalue weighted by Gasteiger charge is 2.10. The van der Waals surface area contributed by atoms with Crippen molar-refractivity contribution in [1.29, 1.82) is 0 Å². The van der Waals surface area contributed by atoms with Gasteiger partial charge in [0.15, 0.2) is 5.13 Å². The normalized spacial score (nSPS) is 11.0. The summed E-state index contributed by atoms with van der Waals surface area (Å²) >= 11 is 1.46. The van der Waals surface area contributed by atoms with Gasteiger partial charge in [-0.25, -0.2) is 4.98 Å². The molecule has 0 radical (unpaired) electrons. The average molecular weight is 334 g/mol. The highest BCUT2D eigenvalue weighted by atomic mass is 32.1. The molecule has 0 atom stereocenters. The molecule has 4 rings (SSSR count). The summed E-state index contributed by atoms with van der Waals surface area (Å²) in [4.78, 5) is 21.2. The fraction of sp³-hybridized carbons (Fsp3) is 0.0556. The maximum atomic E-state index is 12.3. The Bertz CT molecular complexity index is 1020. The van der Waals surface area contributed by atoms with Crippen LogP contribution in [-0.4, -0.2) is 15.9 Å². The topological polar surface area (TPSA) is 80.9 Å². The van der Waals surface area contributed by atoms with Crippen molar-refractivity contribution < 1.29 is 4.79 Å². The maximum absolute atomic E-state index is 12.3. The van der Waals surface area contributed by atoms with Crippen LogP contribution in [0, 0.1) is 0 Å². The Balaban J connectivity index is 1.54.